The van der Waals surface area contributed by atoms with E-state index < -0.39 is 0 Å². The lowest BCUT2D eigenvalue weighted by Gasteiger charge is -2.16. The van der Waals surface area contributed by atoms with Crippen LogP contribution in [0.4, 0.5) is 4.39 Å². The summed E-state index contributed by atoms with van der Waals surface area (Å²) in [7, 11) is 0. The quantitative estimate of drug-likeness (QED) is 0.361. The Morgan fingerprint density at radius 2 is 2.06 bits per heavy atom. The minimum absolute atomic E-state index is 0.273. The van der Waals surface area contributed by atoms with Gasteiger partial charge < -0.3 is 5.43 Å². The molecule has 0 aromatic heterocycles. The SMILES string of the molecule is CC(C)(C)N=C(NN)c1ccc(Br)c(F)c1. The number of amidine groups is 1. The zero-order chi connectivity index (χ0) is 12.3. The van der Waals surface area contributed by atoms with Crippen LogP contribution in [0.2, 0.25) is 0 Å². The van der Waals surface area contributed by atoms with Crippen molar-refractivity contribution in [2.75, 3.05) is 0 Å². The zero-order valence-electron chi connectivity index (χ0n) is 9.51. The van der Waals surface area contributed by atoms with Crippen LogP contribution in [0.1, 0.15) is 26.3 Å². The van der Waals surface area contributed by atoms with E-state index in [0.29, 0.717) is 15.9 Å². The monoisotopic (exact) mass is 287 g/mol. The molecule has 0 aliphatic carbocycles. The van der Waals surface area contributed by atoms with Gasteiger partial charge in [-0.15, -0.1) is 0 Å². The summed E-state index contributed by atoms with van der Waals surface area (Å²) in [6, 6.07) is 4.76. The summed E-state index contributed by atoms with van der Waals surface area (Å²) in [6.07, 6.45) is 0. The molecule has 3 N–H and O–H groups in total. The molecule has 0 saturated carbocycles. The Morgan fingerprint density at radius 1 is 1.44 bits per heavy atom. The number of nitrogens with zero attached hydrogens (tertiary/aromatic N) is 1. The van der Waals surface area contributed by atoms with Crippen molar-refractivity contribution in [3.8, 4) is 0 Å². The zero-order valence-corrected chi connectivity index (χ0v) is 11.1. The minimum Gasteiger partial charge on any atom is -0.308 e. The average molecular weight is 288 g/mol. The smallest absolute Gasteiger partial charge is 0.143 e. The maximum absolute atomic E-state index is 13.3. The summed E-state index contributed by atoms with van der Waals surface area (Å²) in [5.74, 6) is 5.52. The minimum atomic E-state index is -0.339. The van der Waals surface area contributed by atoms with E-state index in [4.69, 9.17) is 5.84 Å². The van der Waals surface area contributed by atoms with Crippen molar-refractivity contribution in [1.82, 2.24) is 5.43 Å². The van der Waals surface area contributed by atoms with Crippen LogP contribution in [0.15, 0.2) is 27.7 Å². The fourth-order valence-electron chi connectivity index (χ4n) is 1.16. The first-order chi connectivity index (χ1) is 7.33. The van der Waals surface area contributed by atoms with Crippen molar-refractivity contribution in [1.29, 1.82) is 0 Å². The molecule has 3 nitrogen and oxygen atoms in total. The van der Waals surface area contributed by atoms with Gasteiger partial charge in [0.15, 0.2) is 0 Å². The number of rotatable bonds is 1. The van der Waals surface area contributed by atoms with E-state index in [1.165, 1.54) is 6.07 Å². The van der Waals surface area contributed by atoms with Gasteiger partial charge in [-0.2, -0.15) is 0 Å². The molecular weight excluding hydrogens is 273 g/mol. The molecule has 0 amide bonds. The maximum atomic E-state index is 13.3. The summed E-state index contributed by atoms with van der Waals surface area (Å²) < 4.78 is 13.8. The van der Waals surface area contributed by atoms with Gasteiger partial charge in [0.2, 0.25) is 0 Å². The first-order valence-corrected chi connectivity index (χ1v) is 5.64. The highest BCUT2D eigenvalue weighted by Crippen LogP contribution is 2.17. The van der Waals surface area contributed by atoms with Crippen LogP contribution in [0.25, 0.3) is 0 Å². The molecule has 0 heterocycles. The molecular formula is C11H15BrFN3. The normalized spacial score (nSPS) is 12.8. The van der Waals surface area contributed by atoms with Crippen LogP contribution in [-0.2, 0) is 0 Å². The molecule has 0 bridgehead atoms. The predicted molar refractivity (Wildman–Crippen MR) is 67.7 cm³/mol. The van der Waals surface area contributed by atoms with Crippen LogP contribution >= 0.6 is 15.9 Å². The molecule has 0 atom stereocenters. The third kappa shape index (κ3) is 3.57. The van der Waals surface area contributed by atoms with E-state index in [1.807, 2.05) is 20.8 Å². The number of hydrogen-bond acceptors (Lipinski definition) is 2. The summed E-state index contributed by atoms with van der Waals surface area (Å²) in [6.45, 7) is 5.83. The van der Waals surface area contributed by atoms with Gasteiger partial charge in [0.05, 0.1) is 10.0 Å². The highest BCUT2D eigenvalue weighted by atomic mass is 79.9. The number of aliphatic imine (C=N–C) groups is 1. The fraction of sp³-hybridized carbons (Fsp3) is 0.364. The molecule has 0 saturated heterocycles. The van der Waals surface area contributed by atoms with Gasteiger partial charge in [-0.1, -0.05) is 0 Å². The third-order valence-corrected chi connectivity index (χ3v) is 2.42. The molecule has 0 spiro atoms. The highest BCUT2D eigenvalue weighted by molar-refractivity contribution is 9.10. The van der Waals surface area contributed by atoms with Crippen LogP contribution < -0.4 is 11.3 Å². The summed E-state index contributed by atoms with van der Waals surface area (Å²) in [5.41, 5.74) is 2.84. The van der Waals surface area contributed by atoms with E-state index in [0.717, 1.165) is 0 Å². The predicted octanol–water partition coefficient (Wildman–Crippen LogP) is 2.60. The topological polar surface area (TPSA) is 50.4 Å². The molecule has 0 unspecified atom stereocenters. The number of hydrogen-bond donors (Lipinski definition) is 2. The van der Waals surface area contributed by atoms with Gasteiger partial charge in [-0.05, 0) is 54.9 Å². The van der Waals surface area contributed by atoms with Gasteiger partial charge in [-0.3, -0.25) is 4.99 Å². The molecule has 1 aromatic carbocycles. The maximum Gasteiger partial charge on any atom is 0.143 e. The van der Waals surface area contributed by atoms with Gasteiger partial charge >= 0.3 is 0 Å². The Hall–Kier alpha value is -0.940. The molecule has 0 aliphatic rings. The number of hydrazine groups is 1. The van der Waals surface area contributed by atoms with E-state index in [9.17, 15) is 4.39 Å². The second-order valence-electron chi connectivity index (χ2n) is 4.40. The Bertz CT molecular complexity index is 410. The molecule has 0 fully saturated rings. The molecule has 0 aliphatic heterocycles. The summed E-state index contributed by atoms with van der Waals surface area (Å²) >= 11 is 3.10. The second-order valence-corrected chi connectivity index (χ2v) is 5.26. The average Bonchev–Trinajstić information content (AvgIpc) is 2.17. The van der Waals surface area contributed by atoms with Crippen molar-refractivity contribution in [3.63, 3.8) is 0 Å². The van der Waals surface area contributed by atoms with E-state index in [-0.39, 0.29) is 11.4 Å². The lowest BCUT2D eigenvalue weighted by Crippen LogP contribution is -2.33. The first-order valence-electron chi connectivity index (χ1n) is 4.85. The Kier molecular flexibility index (Phi) is 4.04. The molecule has 16 heavy (non-hydrogen) atoms. The van der Waals surface area contributed by atoms with Gasteiger partial charge in [-0.25, -0.2) is 10.2 Å². The largest absolute Gasteiger partial charge is 0.308 e. The third-order valence-electron chi connectivity index (χ3n) is 1.78. The second kappa shape index (κ2) is 4.93. The number of benzene rings is 1. The van der Waals surface area contributed by atoms with E-state index in [1.54, 1.807) is 12.1 Å². The first kappa shape index (κ1) is 13.1. The van der Waals surface area contributed by atoms with E-state index >= 15 is 0 Å². The number of nitrogens with one attached hydrogen (secondary N) is 1. The molecule has 1 rings (SSSR count). The van der Waals surface area contributed by atoms with Crippen molar-refractivity contribution in [2.45, 2.75) is 26.3 Å². The number of nitrogens with two attached hydrogens (primary N) is 1. The van der Waals surface area contributed by atoms with Crippen molar-refractivity contribution in [2.24, 2.45) is 10.8 Å². The van der Waals surface area contributed by atoms with E-state index in [2.05, 4.69) is 26.3 Å². The van der Waals surface area contributed by atoms with Crippen LogP contribution in [0, 0.1) is 5.82 Å². The standard InChI is InChI=1S/C11H15BrFN3/c1-11(2,3)15-10(16-14)7-4-5-8(12)9(13)6-7/h4-6H,14H2,1-3H3,(H,15,16). The Labute approximate surface area is 103 Å². The van der Waals surface area contributed by atoms with Crippen LogP contribution in [0.3, 0.4) is 0 Å². The van der Waals surface area contributed by atoms with Crippen LogP contribution in [-0.4, -0.2) is 11.4 Å². The summed E-state index contributed by atoms with van der Waals surface area (Å²) in [5, 5.41) is 0. The fourth-order valence-corrected chi connectivity index (χ4v) is 1.41. The molecule has 5 heteroatoms. The molecule has 88 valence electrons. The van der Waals surface area contributed by atoms with Gasteiger partial charge in [0.1, 0.15) is 11.7 Å². The Balaban J connectivity index is 3.15. The highest BCUT2D eigenvalue weighted by Gasteiger charge is 2.12. The molecule has 1 aromatic rings. The van der Waals surface area contributed by atoms with Gasteiger partial charge in [0.25, 0.3) is 0 Å². The number of halogens is 2. The van der Waals surface area contributed by atoms with Crippen LogP contribution in [0.5, 0.6) is 0 Å². The molecule has 0 radical (unpaired) electrons. The lowest BCUT2D eigenvalue weighted by molar-refractivity contribution is 0.579. The lowest BCUT2D eigenvalue weighted by atomic mass is 10.1. The van der Waals surface area contributed by atoms with Gasteiger partial charge in [0, 0.05) is 5.56 Å². The summed E-state index contributed by atoms with van der Waals surface area (Å²) in [4.78, 5) is 4.37. The van der Waals surface area contributed by atoms with Crippen molar-refractivity contribution < 1.29 is 4.39 Å². The Morgan fingerprint density at radius 3 is 2.50 bits per heavy atom. The van der Waals surface area contributed by atoms with Crippen molar-refractivity contribution >= 4 is 21.8 Å². The van der Waals surface area contributed by atoms with Crippen molar-refractivity contribution in [3.05, 3.63) is 34.1 Å².